The molecule has 6 nitrogen and oxygen atoms in total. The fraction of sp³-hybridized carbons (Fsp3) is 0.273. The van der Waals surface area contributed by atoms with Crippen LogP contribution < -0.4 is 15.4 Å². The molecule has 0 saturated carbocycles. The van der Waals surface area contributed by atoms with Crippen molar-refractivity contribution in [2.24, 2.45) is 0 Å². The van der Waals surface area contributed by atoms with E-state index in [-0.39, 0.29) is 6.10 Å². The summed E-state index contributed by atoms with van der Waals surface area (Å²) in [6.07, 6.45) is 2.43. The summed E-state index contributed by atoms with van der Waals surface area (Å²) in [5.41, 5.74) is 1.82. The van der Waals surface area contributed by atoms with Crippen LogP contribution in [0.2, 0.25) is 0 Å². The number of aromatic nitrogens is 2. The lowest BCUT2D eigenvalue weighted by Gasteiger charge is -2.15. The summed E-state index contributed by atoms with van der Waals surface area (Å²) < 4.78 is 11.1. The summed E-state index contributed by atoms with van der Waals surface area (Å²) in [6.45, 7) is 1.57. The van der Waals surface area contributed by atoms with Gasteiger partial charge in [0.15, 0.2) is 5.82 Å². The molecular formula is C22H24N4O2. The van der Waals surface area contributed by atoms with Crippen LogP contribution in [0.25, 0.3) is 11.4 Å². The number of anilines is 3. The first-order valence-electron chi connectivity index (χ1n) is 9.52. The molecule has 1 aliphatic heterocycles. The van der Waals surface area contributed by atoms with Crippen molar-refractivity contribution in [2.45, 2.75) is 18.9 Å². The van der Waals surface area contributed by atoms with Crippen LogP contribution in [0, 0.1) is 0 Å². The smallest absolute Gasteiger partial charge is 0.163 e. The van der Waals surface area contributed by atoms with Crippen LogP contribution in [0.15, 0.2) is 60.7 Å². The normalized spacial score (nSPS) is 16.0. The second kappa shape index (κ2) is 8.71. The molecule has 1 saturated heterocycles. The molecule has 1 aromatic heterocycles. The van der Waals surface area contributed by atoms with Crippen molar-refractivity contribution in [1.29, 1.82) is 0 Å². The lowest BCUT2D eigenvalue weighted by atomic mass is 10.2. The number of hydrogen-bond donors (Lipinski definition) is 2. The molecule has 1 fully saturated rings. The maximum atomic E-state index is 5.71. The Kier molecular flexibility index (Phi) is 5.68. The third-order valence-corrected chi connectivity index (χ3v) is 4.66. The molecule has 1 aliphatic rings. The molecule has 6 heteroatoms. The number of hydrogen-bond acceptors (Lipinski definition) is 6. The van der Waals surface area contributed by atoms with Crippen LogP contribution in [0.5, 0.6) is 5.75 Å². The van der Waals surface area contributed by atoms with Gasteiger partial charge in [-0.25, -0.2) is 9.97 Å². The van der Waals surface area contributed by atoms with E-state index in [0.29, 0.717) is 11.6 Å². The summed E-state index contributed by atoms with van der Waals surface area (Å²) in [5.74, 6) is 2.89. The zero-order valence-electron chi connectivity index (χ0n) is 15.9. The highest BCUT2D eigenvalue weighted by molar-refractivity contribution is 5.68. The molecule has 2 aromatic carbocycles. The predicted molar refractivity (Wildman–Crippen MR) is 111 cm³/mol. The third-order valence-electron chi connectivity index (χ3n) is 4.66. The lowest BCUT2D eigenvalue weighted by molar-refractivity contribution is 0.120. The highest BCUT2D eigenvalue weighted by Crippen LogP contribution is 2.28. The van der Waals surface area contributed by atoms with E-state index in [1.807, 2.05) is 60.7 Å². The fourth-order valence-electron chi connectivity index (χ4n) is 3.23. The molecule has 0 spiro atoms. The summed E-state index contributed by atoms with van der Waals surface area (Å²) in [4.78, 5) is 9.40. The minimum atomic E-state index is 0.237. The van der Waals surface area contributed by atoms with Gasteiger partial charge in [0.2, 0.25) is 0 Å². The van der Waals surface area contributed by atoms with Crippen molar-refractivity contribution in [3.63, 3.8) is 0 Å². The van der Waals surface area contributed by atoms with Gasteiger partial charge in [-0.05, 0) is 25.0 Å². The first kappa shape index (κ1) is 18.3. The monoisotopic (exact) mass is 376 g/mol. The van der Waals surface area contributed by atoms with Crippen molar-refractivity contribution >= 4 is 17.3 Å². The number of rotatable bonds is 7. The number of nitrogens with one attached hydrogen (secondary N) is 2. The SMILES string of the molecule is COc1ccccc1Nc1cc(NCC2CCCO2)nc(-c2ccccc2)n1. The number of benzene rings is 2. The summed E-state index contributed by atoms with van der Waals surface area (Å²) >= 11 is 0. The minimum absolute atomic E-state index is 0.237. The Bertz CT molecular complexity index is 911. The van der Waals surface area contributed by atoms with E-state index in [1.54, 1.807) is 7.11 Å². The number of ether oxygens (including phenoxy) is 2. The van der Waals surface area contributed by atoms with Crippen molar-refractivity contribution < 1.29 is 9.47 Å². The molecule has 1 atom stereocenters. The molecule has 0 aliphatic carbocycles. The van der Waals surface area contributed by atoms with Gasteiger partial charge in [-0.3, -0.25) is 0 Å². The highest BCUT2D eigenvalue weighted by Gasteiger charge is 2.16. The first-order chi connectivity index (χ1) is 13.8. The zero-order valence-corrected chi connectivity index (χ0v) is 15.9. The number of methoxy groups -OCH3 is 1. The first-order valence-corrected chi connectivity index (χ1v) is 9.52. The maximum absolute atomic E-state index is 5.71. The summed E-state index contributed by atoms with van der Waals surface area (Å²) in [7, 11) is 1.66. The quantitative estimate of drug-likeness (QED) is 0.633. The van der Waals surface area contributed by atoms with E-state index in [2.05, 4.69) is 10.6 Å². The molecule has 0 bridgehead atoms. The summed E-state index contributed by atoms with van der Waals surface area (Å²) in [6, 6.07) is 19.6. The Morgan fingerprint density at radius 1 is 1.04 bits per heavy atom. The van der Waals surface area contributed by atoms with Crippen molar-refractivity contribution in [2.75, 3.05) is 30.9 Å². The van der Waals surface area contributed by atoms with E-state index in [0.717, 1.165) is 48.8 Å². The van der Waals surface area contributed by atoms with E-state index in [1.165, 1.54) is 0 Å². The molecule has 2 heterocycles. The van der Waals surface area contributed by atoms with Crippen LogP contribution in [0.4, 0.5) is 17.3 Å². The van der Waals surface area contributed by atoms with E-state index < -0.39 is 0 Å². The van der Waals surface area contributed by atoms with Crippen molar-refractivity contribution in [3.8, 4) is 17.1 Å². The van der Waals surface area contributed by atoms with Crippen molar-refractivity contribution in [3.05, 3.63) is 60.7 Å². The number of nitrogens with zero attached hydrogens (tertiary/aromatic N) is 2. The topological polar surface area (TPSA) is 68.3 Å². The second-order valence-electron chi connectivity index (χ2n) is 6.67. The van der Waals surface area contributed by atoms with Gasteiger partial charge in [-0.1, -0.05) is 42.5 Å². The van der Waals surface area contributed by atoms with Gasteiger partial charge in [0.05, 0.1) is 18.9 Å². The molecule has 3 aromatic rings. The van der Waals surface area contributed by atoms with Gasteiger partial charge < -0.3 is 20.1 Å². The molecule has 28 heavy (non-hydrogen) atoms. The van der Waals surface area contributed by atoms with Gasteiger partial charge in [0.1, 0.15) is 17.4 Å². The van der Waals surface area contributed by atoms with Crippen LogP contribution >= 0.6 is 0 Å². The molecule has 0 amide bonds. The van der Waals surface area contributed by atoms with Gasteiger partial charge in [-0.15, -0.1) is 0 Å². The molecular weight excluding hydrogens is 352 g/mol. The number of para-hydroxylation sites is 2. The molecule has 4 rings (SSSR count). The highest BCUT2D eigenvalue weighted by atomic mass is 16.5. The Morgan fingerprint density at radius 2 is 1.82 bits per heavy atom. The molecule has 144 valence electrons. The third kappa shape index (κ3) is 4.40. The van der Waals surface area contributed by atoms with Crippen LogP contribution in [0.3, 0.4) is 0 Å². The predicted octanol–water partition coefficient (Wildman–Crippen LogP) is 4.49. The van der Waals surface area contributed by atoms with Gasteiger partial charge in [0.25, 0.3) is 0 Å². The molecule has 0 radical (unpaired) electrons. The van der Waals surface area contributed by atoms with Crippen molar-refractivity contribution in [1.82, 2.24) is 9.97 Å². The average Bonchev–Trinajstić information content (AvgIpc) is 3.27. The van der Waals surface area contributed by atoms with Gasteiger partial charge in [-0.2, -0.15) is 0 Å². The lowest BCUT2D eigenvalue weighted by Crippen LogP contribution is -2.19. The van der Waals surface area contributed by atoms with Gasteiger partial charge in [0, 0.05) is 24.8 Å². The molecule has 1 unspecified atom stereocenters. The second-order valence-corrected chi connectivity index (χ2v) is 6.67. The zero-order chi connectivity index (χ0) is 19.2. The maximum Gasteiger partial charge on any atom is 0.163 e. The molecule has 2 N–H and O–H groups in total. The van der Waals surface area contributed by atoms with Gasteiger partial charge >= 0.3 is 0 Å². The standard InChI is InChI=1S/C22H24N4O2/c1-27-19-12-6-5-11-18(19)24-21-14-20(23-15-17-10-7-13-28-17)25-22(26-21)16-8-3-2-4-9-16/h2-6,8-9,11-12,14,17H,7,10,13,15H2,1H3,(H2,23,24,25,26). The van der Waals surface area contributed by atoms with Crippen LogP contribution in [0.1, 0.15) is 12.8 Å². The van der Waals surface area contributed by atoms with E-state index >= 15 is 0 Å². The largest absolute Gasteiger partial charge is 0.495 e. The average molecular weight is 376 g/mol. The van der Waals surface area contributed by atoms with Crippen LogP contribution in [-0.2, 0) is 4.74 Å². The van der Waals surface area contributed by atoms with Crippen LogP contribution in [-0.4, -0.2) is 36.3 Å². The Labute approximate surface area is 164 Å². The Balaban J connectivity index is 1.63. The van der Waals surface area contributed by atoms with E-state index in [9.17, 15) is 0 Å². The Hall–Kier alpha value is -3.12. The fourth-order valence-corrected chi connectivity index (χ4v) is 3.23. The summed E-state index contributed by atoms with van der Waals surface area (Å²) in [5, 5.41) is 6.76. The minimum Gasteiger partial charge on any atom is -0.495 e. The Morgan fingerprint density at radius 3 is 2.61 bits per heavy atom. The van der Waals surface area contributed by atoms with E-state index in [4.69, 9.17) is 19.4 Å².